The first kappa shape index (κ1) is 19.9. The van der Waals surface area contributed by atoms with E-state index in [1.165, 1.54) is 11.8 Å². The molecule has 2 rings (SSSR count). The Morgan fingerprint density at radius 2 is 2.18 bits per heavy atom. The van der Waals surface area contributed by atoms with Gasteiger partial charge in [0, 0.05) is 41.4 Å². The first-order chi connectivity index (χ1) is 10.1. The van der Waals surface area contributed by atoms with Crippen LogP contribution in [0.25, 0.3) is 0 Å². The van der Waals surface area contributed by atoms with Crippen LogP contribution >= 0.6 is 47.4 Å². The van der Waals surface area contributed by atoms with E-state index < -0.39 is 0 Å². The van der Waals surface area contributed by atoms with Gasteiger partial charge in [0.25, 0.3) is 0 Å². The van der Waals surface area contributed by atoms with Gasteiger partial charge in [-0.15, -0.1) is 24.2 Å². The molecule has 1 fully saturated rings. The quantitative estimate of drug-likeness (QED) is 0.703. The molecule has 0 aliphatic carbocycles. The minimum Gasteiger partial charge on any atom is -0.391 e. The molecule has 0 saturated carbocycles. The summed E-state index contributed by atoms with van der Waals surface area (Å²) in [6.07, 6.45) is -0.370. The van der Waals surface area contributed by atoms with Crippen molar-refractivity contribution in [1.82, 2.24) is 10.6 Å². The molecule has 124 valence electrons. The van der Waals surface area contributed by atoms with E-state index in [4.69, 9.17) is 23.2 Å². The van der Waals surface area contributed by atoms with Gasteiger partial charge in [-0.05, 0) is 17.7 Å². The van der Waals surface area contributed by atoms with Crippen molar-refractivity contribution >= 4 is 53.3 Å². The van der Waals surface area contributed by atoms with Crippen LogP contribution in [0.2, 0.25) is 10.0 Å². The number of rotatable bonds is 6. The molecule has 1 aliphatic heterocycles. The van der Waals surface area contributed by atoms with Crippen molar-refractivity contribution in [3.8, 4) is 0 Å². The maximum Gasteiger partial charge on any atom is 0.230 e. The lowest BCUT2D eigenvalue weighted by atomic mass is 10.1. The summed E-state index contributed by atoms with van der Waals surface area (Å²) in [6.45, 7) is 1.86. The zero-order valence-corrected chi connectivity index (χ0v) is 15.0. The van der Waals surface area contributed by atoms with Crippen molar-refractivity contribution in [2.75, 3.05) is 25.4 Å². The first-order valence-electron chi connectivity index (χ1n) is 6.73. The third kappa shape index (κ3) is 6.14. The van der Waals surface area contributed by atoms with Crippen LogP contribution in [-0.2, 0) is 10.5 Å². The number of halogens is 3. The minimum atomic E-state index is -0.370. The normalized spacial score (nSPS) is 20.5. The zero-order valence-electron chi connectivity index (χ0n) is 11.9. The van der Waals surface area contributed by atoms with E-state index in [1.54, 1.807) is 12.1 Å². The highest BCUT2D eigenvalue weighted by atomic mass is 35.5. The van der Waals surface area contributed by atoms with Crippen molar-refractivity contribution < 1.29 is 9.90 Å². The number of aliphatic hydroxyl groups is 1. The van der Waals surface area contributed by atoms with E-state index in [1.807, 2.05) is 6.07 Å². The Hall–Kier alpha value is -0.170. The molecular weight excluding hydrogens is 367 g/mol. The second kappa shape index (κ2) is 9.85. The number of thioether (sulfide) groups is 1. The molecule has 2 atom stereocenters. The van der Waals surface area contributed by atoms with Gasteiger partial charge in [-0.2, -0.15) is 0 Å². The van der Waals surface area contributed by atoms with E-state index in [-0.39, 0.29) is 30.3 Å². The molecule has 0 radical (unpaired) electrons. The Kier molecular flexibility index (Phi) is 8.90. The molecule has 1 heterocycles. The summed E-state index contributed by atoms with van der Waals surface area (Å²) in [4.78, 5) is 11.7. The molecule has 1 aromatic carbocycles. The fraction of sp³-hybridized carbons (Fsp3) is 0.500. The average Bonchev–Trinajstić information content (AvgIpc) is 2.84. The summed E-state index contributed by atoms with van der Waals surface area (Å²) in [7, 11) is 0. The molecular formula is C14H19Cl3N2O2S. The number of hydrogen-bond donors (Lipinski definition) is 3. The van der Waals surface area contributed by atoms with Gasteiger partial charge in [-0.25, -0.2) is 0 Å². The van der Waals surface area contributed by atoms with Crippen molar-refractivity contribution in [3.05, 3.63) is 33.8 Å². The monoisotopic (exact) mass is 384 g/mol. The van der Waals surface area contributed by atoms with Gasteiger partial charge in [0.2, 0.25) is 5.91 Å². The Morgan fingerprint density at radius 3 is 2.82 bits per heavy atom. The van der Waals surface area contributed by atoms with Crippen molar-refractivity contribution in [3.63, 3.8) is 0 Å². The predicted octanol–water partition coefficient (Wildman–Crippen LogP) is 2.34. The van der Waals surface area contributed by atoms with Gasteiger partial charge in [-0.1, -0.05) is 29.3 Å². The molecule has 1 amide bonds. The Morgan fingerprint density at radius 1 is 1.41 bits per heavy atom. The van der Waals surface area contributed by atoms with E-state index in [2.05, 4.69) is 10.6 Å². The highest BCUT2D eigenvalue weighted by molar-refractivity contribution is 7.99. The first-order valence-corrected chi connectivity index (χ1v) is 8.64. The number of amides is 1. The molecule has 0 bridgehead atoms. The molecule has 1 aliphatic rings. The number of benzene rings is 1. The minimum absolute atomic E-state index is 0. The molecule has 1 saturated heterocycles. The highest BCUT2D eigenvalue weighted by Crippen LogP contribution is 2.24. The second-order valence-corrected chi connectivity index (χ2v) is 6.85. The van der Waals surface area contributed by atoms with Crippen molar-refractivity contribution in [2.24, 2.45) is 5.92 Å². The zero-order chi connectivity index (χ0) is 15.2. The van der Waals surface area contributed by atoms with Crippen LogP contribution in [0.5, 0.6) is 0 Å². The SMILES string of the molecule is Cl.O=C(CSCc1ccc(Cl)cc1Cl)NCC1CNCC1O. The smallest absolute Gasteiger partial charge is 0.230 e. The summed E-state index contributed by atoms with van der Waals surface area (Å²) < 4.78 is 0. The number of nitrogens with one attached hydrogen (secondary N) is 2. The Bertz CT molecular complexity index is 505. The summed E-state index contributed by atoms with van der Waals surface area (Å²) in [5, 5.41) is 16.8. The van der Waals surface area contributed by atoms with E-state index in [9.17, 15) is 9.90 Å². The third-order valence-corrected chi connectivity index (χ3v) is 4.94. The third-order valence-electron chi connectivity index (χ3n) is 3.37. The summed E-state index contributed by atoms with van der Waals surface area (Å²) in [5.74, 6) is 1.11. The molecule has 8 heteroatoms. The van der Waals surface area contributed by atoms with E-state index >= 15 is 0 Å². The predicted molar refractivity (Wildman–Crippen MR) is 95.2 cm³/mol. The van der Waals surface area contributed by atoms with Crippen LogP contribution in [-0.4, -0.2) is 42.5 Å². The standard InChI is InChI=1S/C14H18Cl2N2O2S.ClH/c15-11-2-1-9(12(16)3-11)7-21-8-14(20)18-5-10-4-17-6-13(10)19;/h1-3,10,13,17,19H,4-8H2,(H,18,20);1H. The molecule has 0 spiro atoms. The van der Waals surface area contributed by atoms with Gasteiger partial charge >= 0.3 is 0 Å². The molecule has 4 nitrogen and oxygen atoms in total. The second-order valence-electron chi connectivity index (χ2n) is 5.02. The Labute approximate surface area is 150 Å². The fourth-order valence-electron chi connectivity index (χ4n) is 2.12. The van der Waals surface area contributed by atoms with E-state index in [0.29, 0.717) is 34.6 Å². The van der Waals surface area contributed by atoms with Gasteiger partial charge in [0.15, 0.2) is 0 Å². The van der Waals surface area contributed by atoms with Crippen molar-refractivity contribution in [2.45, 2.75) is 11.9 Å². The van der Waals surface area contributed by atoms with Crippen molar-refractivity contribution in [1.29, 1.82) is 0 Å². The lowest BCUT2D eigenvalue weighted by Crippen LogP contribution is -2.35. The van der Waals surface area contributed by atoms with Crippen LogP contribution in [0.1, 0.15) is 5.56 Å². The fourth-order valence-corrected chi connectivity index (χ4v) is 3.53. The van der Waals surface area contributed by atoms with Gasteiger partial charge < -0.3 is 15.7 Å². The number of carbonyl (C=O) groups is 1. The number of β-amino-alcohol motifs (C(OH)–C–C–N with tert-alkyl or cyclic N) is 1. The molecule has 0 aromatic heterocycles. The van der Waals surface area contributed by atoms with Crippen LogP contribution in [0, 0.1) is 5.92 Å². The van der Waals surface area contributed by atoms with Crippen LogP contribution in [0.15, 0.2) is 18.2 Å². The van der Waals surface area contributed by atoms with E-state index in [0.717, 1.165) is 12.1 Å². The highest BCUT2D eigenvalue weighted by Gasteiger charge is 2.24. The van der Waals surface area contributed by atoms with Crippen LogP contribution < -0.4 is 10.6 Å². The maximum atomic E-state index is 11.7. The molecule has 2 unspecified atom stereocenters. The number of aliphatic hydroxyl groups excluding tert-OH is 1. The molecule has 1 aromatic rings. The lowest BCUT2D eigenvalue weighted by molar-refractivity contribution is -0.118. The largest absolute Gasteiger partial charge is 0.391 e. The number of hydrogen-bond acceptors (Lipinski definition) is 4. The van der Waals surface area contributed by atoms with Gasteiger partial charge in [-0.3, -0.25) is 4.79 Å². The van der Waals surface area contributed by atoms with Crippen LogP contribution in [0.3, 0.4) is 0 Å². The molecule has 22 heavy (non-hydrogen) atoms. The Balaban J connectivity index is 0.00000242. The molecule has 3 N–H and O–H groups in total. The average molecular weight is 386 g/mol. The topological polar surface area (TPSA) is 61.4 Å². The number of carbonyl (C=O) groups excluding carboxylic acids is 1. The maximum absolute atomic E-state index is 11.7. The summed E-state index contributed by atoms with van der Waals surface area (Å²) >= 11 is 13.4. The van der Waals surface area contributed by atoms with Crippen LogP contribution in [0.4, 0.5) is 0 Å². The summed E-state index contributed by atoms with van der Waals surface area (Å²) in [6, 6.07) is 5.36. The summed E-state index contributed by atoms with van der Waals surface area (Å²) in [5.41, 5.74) is 0.967. The van der Waals surface area contributed by atoms with Gasteiger partial charge in [0.1, 0.15) is 0 Å². The van der Waals surface area contributed by atoms with Gasteiger partial charge in [0.05, 0.1) is 11.9 Å². The lowest BCUT2D eigenvalue weighted by Gasteiger charge is -2.14.